The van der Waals surface area contributed by atoms with Crippen LogP contribution in [0.1, 0.15) is 11.1 Å². The van der Waals surface area contributed by atoms with Crippen molar-refractivity contribution >= 4 is 24.7 Å². The number of rotatable bonds is 7. The lowest BCUT2D eigenvalue weighted by molar-refractivity contribution is 0.106. The molecule has 0 radical (unpaired) electrons. The van der Waals surface area contributed by atoms with Crippen LogP contribution in [0, 0.1) is 0 Å². The van der Waals surface area contributed by atoms with Crippen molar-refractivity contribution in [3.05, 3.63) is 53.6 Å². The lowest BCUT2D eigenvalue weighted by atomic mass is 10.2. The average Bonchev–Trinajstić information content (AvgIpc) is 2.69. The van der Waals surface area contributed by atoms with Crippen LogP contribution in [0.5, 0.6) is 17.2 Å². The Morgan fingerprint density at radius 3 is 2.15 bits per heavy atom. The van der Waals surface area contributed by atoms with E-state index in [0.29, 0.717) is 22.8 Å². The molecule has 0 saturated carbocycles. The van der Waals surface area contributed by atoms with Gasteiger partial charge in [-0.3, -0.25) is 0 Å². The van der Waals surface area contributed by atoms with E-state index in [4.69, 9.17) is 18.9 Å². The van der Waals surface area contributed by atoms with Gasteiger partial charge in [-0.2, -0.15) is 5.10 Å². The zero-order valence-electron chi connectivity index (χ0n) is 15.7. The average molecular weight is 395 g/mol. The van der Waals surface area contributed by atoms with Crippen LogP contribution in [0.2, 0.25) is 0 Å². The molecule has 0 N–H and O–H groups in total. The maximum absolute atomic E-state index is 12.0. The maximum Gasteiger partial charge on any atom is 0.430 e. The summed E-state index contributed by atoms with van der Waals surface area (Å²) in [5.74, 6) is 1.49. The molecule has 0 bridgehead atoms. The van der Waals surface area contributed by atoms with Crippen LogP contribution in [0.25, 0.3) is 0 Å². The van der Waals surface area contributed by atoms with E-state index in [-0.39, 0.29) is 19.0 Å². The van der Waals surface area contributed by atoms with Crippen molar-refractivity contribution in [1.82, 2.24) is 5.01 Å². The fraction of sp³-hybridized carbons (Fsp3) is 0.263. The number of halogens is 1. The molecule has 2 aromatic rings. The molecule has 0 aliphatic rings. The molecule has 146 valence electrons. The second kappa shape index (κ2) is 10.9. The fourth-order valence-corrected chi connectivity index (χ4v) is 2.19. The molecule has 0 saturated heterocycles. The van der Waals surface area contributed by atoms with E-state index in [1.807, 2.05) is 30.3 Å². The number of carbonyl (C=O) groups excluding carboxylic acids is 1. The van der Waals surface area contributed by atoms with Gasteiger partial charge in [0.1, 0.15) is 6.61 Å². The van der Waals surface area contributed by atoms with Crippen molar-refractivity contribution in [2.45, 2.75) is 6.61 Å². The summed E-state index contributed by atoms with van der Waals surface area (Å²) in [5.41, 5.74) is 1.59. The van der Waals surface area contributed by atoms with Gasteiger partial charge in [0.15, 0.2) is 11.5 Å². The summed E-state index contributed by atoms with van der Waals surface area (Å²) in [6.07, 6.45) is 0.950. The number of ether oxygens (including phenoxy) is 4. The number of hydrogen-bond donors (Lipinski definition) is 0. The van der Waals surface area contributed by atoms with Gasteiger partial charge in [-0.05, 0) is 17.7 Å². The van der Waals surface area contributed by atoms with Crippen molar-refractivity contribution in [2.75, 3.05) is 28.4 Å². The van der Waals surface area contributed by atoms with Crippen LogP contribution in [0.4, 0.5) is 4.79 Å². The molecule has 0 unspecified atom stereocenters. The number of nitrogens with zero attached hydrogens (tertiary/aromatic N) is 2. The van der Waals surface area contributed by atoms with Crippen LogP contribution in [0.15, 0.2) is 47.6 Å². The third-order valence-electron chi connectivity index (χ3n) is 3.54. The summed E-state index contributed by atoms with van der Waals surface area (Å²) in [6, 6.07) is 12.9. The molecule has 27 heavy (non-hydrogen) atoms. The second-order valence-corrected chi connectivity index (χ2v) is 5.27. The van der Waals surface area contributed by atoms with Gasteiger partial charge in [0, 0.05) is 12.6 Å². The van der Waals surface area contributed by atoms with Gasteiger partial charge in [-0.25, -0.2) is 9.80 Å². The first-order valence-electron chi connectivity index (χ1n) is 7.87. The third kappa shape index (κ3) is 6.07. The number of hydrazone groups is 1. The molecule has 2 aromatic carbocycles. The molecule has 7 nitrogen and oxygen atoms in total. The Kier molecular flexibility index (Phi) is 8.95. The Morgan fingerprint density at radius 1 is 1.04 bits per heavy atom. The van der Waals surface area contributed by atoms with Crippen LogP contribution in [-0.2, 0) is 11.3 Å². The zero-order chi connectivity index (χ0) is 18.9. The molecular weight excluding hydrogens is 372 g/mol. The van der Waals surface area contributed by atoms with E-state index in [1.54, 1.807) is 12.1 Å². The summed E-state index contributed by atoms with van der Waals surface area (Å²) in [7, 11) is 6.11. The topological polar surface area (TPSA) is 69.6 Å². The lowest BCUT2D eigenvalue weighted by Crippen LogP contribution is -2.22. The molecule has 0 spiro atoms. The highest BCUT2D eigenvalue weighted by molar-refractivity contribution is 5.85. The normalized spacial score (nSPS) is 10.1. The number of carbonyl (C=O) groups is 1. The summed E-state index contributed by atoms with van der Waals surface area (Å²) in [5, 5.41) is 5.21. The van der Waals surface area contributed by atoms with Crippen LogP contribution >= 0.6 is 12.4 Å². The zero-order valence-corrected chi connectivity index (χ0v) is 16.5. The molecule has 0 heterocycles. The first kappa shape index (κ1) is 22.1. The van der Waals surface area contributed by atoms with E-state index >= 15 is 0 Å². The number of hydrogen-bond acceptors (Lipinski definition) is 6. The smallest absolute Gasteiger partial charge is 0.430 e. The van der Waals surface area contributed by atoms with E-state index in [9.17, 15) is 4.79 Å². The molecule has 0 aliphatic heterocycles. The molecule has 0 aromatic heterocycles. The maximum atomic E-state index is 12.0. The van der Waals surface area contributed by atoms with E-state index in [2.05, 4.69) is 5.10 Å². The predicted octanol–water partition coefficient (Wildman–Crippen LogP) is 3.74. The first-order valence-corrected chi connectivity index (χ1v) is 7.87. The minimum Gasteiger partial charge on any atom is -0.493 e. The Morgan fingerprint density at radius 2 is 1.63 bits per heavy atom. The van der Waals surface area contributed by atoms with E-state index in [1.165, 1.54) is 34.6 Å². The van der Waals surface area contributed by atoms with Crippen LogP contribution in [-0.4, -0.2) is 45.7 Å². The monoisotopic (exact) mass is 394 g/mol. The van der Waals surface area contributed by atoms with Gasteiger partial charge in [0.05, 0.1) is 27.5 Å². The van der Waals surface area contributed by atoms with Gasteiger partial charge >= 0.3 is 6.09 Å². The number of amides is 1. The summed E-state index contributed by atoms with van der Waals surface area (Å²) in [4.78, 5) is 12.0. The Labute approximate surface area is 164 Å². The minimum absolute atomic E-state index is 0. The van der Waals surface area contributed by atoms with Crippen molar-refractivity contribution in [1.29, 1.82) is 0 Å². The Hall–Kier alpha value is -2.93. The molecule has 0 fully saturated rings. The van der Waals surface area contributed by atoms with Crippen molar-refractivity contribution in [2.24, 2.45) is 5.10 Å². The largest absolute Gasteiger partial charge is 0.493 e. The highest BCUT2D eigenvalue weighted by Gasteiger charge is 2.13. The molecule has 1 amide bonds. The first-order chi connectivity index (χ1) is 12.6. The van der Waals surface area contributed by atoms with Gasteiger partial charge in [-0.15, -0.1) is 12.4 Å². The highest BCUT2D eigenvalue weighted by atomic mass is 35.5. The van der Waals surface area contributed by atoms with Gasteiger partial charge in [0.25, 0.3) is 0 Å². The fourth-order valence-electron chi connectivity index (χ4n) is 2.19. The van der Waals surface area contributed by atoms with Crippen molar-refractivity contribution < 1.29 is 23.7 Å². The number of methoxy groups -OCH3 is 3. The summed E-state index contributed by atoms with van der Waals surface area (Å²) >= 11 is 0. The molecule has 0 atom stereocenters. The van der Waals surface area contributed by atoms with Crippen LogP contribution < -0.4 is 14.2 Å². The van der Waals surface area contributed by atoms with E-state index < -0.39 is 6.09 Å². The SMILES string of the molecule is COc1cc(/C=N/N(C)C(=O)OCc2ccccc2)cc(OC)c1OC.Cl. The standard InChI is InChI=1S/C19H22N2O5.ClH/c1-21(19(22)26-13-14-8-6-5-7-9-14)20-12-15-10-16(23-2)18(25-4)17(11-15)24-3;/h5-12H,13H2,1-4H3;1H/b20-12+;. The minimum atomic E-state index is -0.558. The van der Waals surface area contributed by atoms with Gasteiger partial charge in [-0.1, -0.05) is 30.3 Å². The van der Waals surface area contributed by atoms with Gasteiger partial charge in [0.2, 0.25) is 5.75 Å². The van der Waals surface area contributed by atoms with Crippen molar-refractivity contribution in [3.8, 4) is 17.2 Å². The molecular formula is C19H23ClN2O5. The van der Waals surface area contributed by atoms with Crippen molar-refractivity contribution in [3.63, 3.8) is 0 Å². The van der Waals surface area contributed by atoms with E-state index in [0.717, 1.165) is 10.6 Å². The van der Waals surface area contributed by atoms with Crippen LogP contribution in [0.3, 0.4) is 0 Å². The predicted molar refractivity (Wildman–Crippen MR) is 105 cm³/mol. The Bertz CT molecular complexity index is 743. The summed E-state index contributed by atoms with van der Waals surface area (Å²) in [6.45, 7) is 0.184. The second-order valence-electron chi connectivity index (χ2n) is 5.27. The molecule has 2 rings (SSSR count). The molecule has 8 heteroatoms. The molecule has 0 aliphatic carbocycles. The quantitative estimate of drug-likeness (QED) is 0.528. The van der Waals surface area contributed by atoms with Gasteiger partial charge < -0.3 is 18.9 Å². The third-order valence-corrected chi connectivity index (χ3v) is 3.54. The lowest BCUT2D eigenvalue weighted by Gasteiger charge is -2.13. The Balaban J connectivity index is 0.00000364. The highest BCUT2D eigenvalue weighted by Crippen LogP contribution is 2.37. The number of benzene rings is 2. The summed E-state index contributed by atoms with van der Waals surface area (Å²) < 4.78 is 21.1.